The topological polar surface area (TPSA) is 95.5 Å². The highest BCUT2D eigenvalue weighted by Crippen LogP contribution is 2.23. The minimum absolute atomic E-state index is 0.0173. The first-order chi connectivity index (χ1) is 10.4. The lowest BCUT2D eigenvalue weighted by Gasteiger charge is -2.20. The molecule has 1 rings (SSSR count). The molecule has 0 aromatic heterocycles. The van der Waals surface area contributed by atoms with Crippen molar-refractivity contribution in [2.75, 3.05) is 12.8 Å². The fraction of sp³-hybridized carbons (Fsp3) is 0.562. The van der Waals surface area contributed by atoms with Crippen molar-refractivity contribution >= 4 is 15.9 Å². The molecule has 0 aliphatic carbocycles. The van der Waals surface area contributed by atoms with Crippen LogP contribution in [0.4, 0.5) is 0 Å². The van der Waals surface area contributed by atoms with E-state index < -0.39 is 28.1 Å². The number of hydrogen-bond acceptors (Lipinski definition) is 4. The van der Waals surface area contributed by atoms with Gasteiger partial charge in [0, 0.05) is 6.54 Å². The standard InChI is InChI=1S/C16H26N2O4S/c1-11(18-23(5,21)22)15(20)17-10-14(19)12-6-8-13(9-7-12)16(2,3)4/h6-9,11,14,18-19H,10H2,1-5H3,(H,17,20)/t11-,14-/m1/s1. The highest BCUT2D eigenvalue weighted by atomic mass is 32.2. The van der Waals surface area contributed by atoms with E-state index in [-0.39, 0.29) is 12.0 Å². The van der Waals surface area contributed by atoms with E-state index in [1.165, 1.54) is 6.92 Å². The lowest BCUT2D eigenvalue weighted by atomic mass is 9.86. The van der Waals surface area contributed by atoms with E-state index in [0.717, 1.165) is 11.8 Å². The van der Waals surface area contributed by atoms with Gasteiger partial charge in [-0.2, -0.15) is 0 Å². The summed E-state index contributed by atoms with van der Waals surface area (Å²) in [5, 5.41) is 12.7. The maximum Gasteiger partial charge on any atom is 0.237 e. The molecule has 0 radical (unpaired) electrons. The van der Waals surface area contributed by atoms with Crippen LogP contribution in [0.2, 0.25) is 0 Å². The predicted octanol–water partition coefficient (Wildman–Crippen LogP) is 1.07. The second-order valence-electron chi connectivity index (χ2n) is 6.74. The molecule has 0 heterocycles. The monoisotopic (exact) mass is 342 g/mol. The van der Waals surface area contributed by atoms with Crippen LogP contribution in [0.3, 0.4) is 0 Å². The van der Waals surface area contributed by atoms with Gasteiger partial charge in [0.2, 0.25) is 15.9 Å². The van der Waals surface area contributed by atoms with Crippen LogP contribution in [-0.2, 0) is 20.2 Å². The lowest BCUT2D eigenvalue weighted by molar-refractivity contribution is -0.122. The predicted molar refractivity (Wildman–Crippen MR) is 90.6 cm³/mol. The Labute approximate surface area is 138 Å². The van der Waals surface area contributed by atoms with Crippen molar-refractivity contribution in [2.45, 2.75) is 45.3 Å². The number of rotatable bonds is 6. The van der Waals surface area contributed by atoms with Crippen LogP contribution >= 0.6 is 0 Å². The number of nitrogens with one attached hydrogen (secondary N) is 2. The average molecular weight is 342 g/mol. The van der Waals surface area contributed by atoms with E-state index in [1.54, 1.807) is 0 Å². The third-order valence-corrected chi connectivity index (χ3v) is 4.20. The number of aliphatic hydroxyl groups is 1. The van der Waals surface area contributed by atoms with Gasteiger partial charge in [0.1, 0.15) is 0 Å². The van der Waals surface area contributed by atoms with Crippen molar-refractivity contribution in [2.24, 2.45) is 0 Å². The summed E-state index contributed by atoms with van der Waals surface area (Å²) < 4.78 is 24.3. The Kier molecular flexibility index (Phi) is 6.33. The van der Waals surface area contributed by atoms with Crippen molar-refractivity contribution in [3.05, 3.63) is 35.4 Å². The molecule has 2 atom stereocenters. The number of amides is 1. The molecule has 130 valence electrons. The molecule has 0 aliphatic heterocycles. The summed E-state index contributed by atoms with van der Waals surface area (Å²) in [5.74, 6) is -0.485. The molecule has 0 unspecified atom stereocenters. The van der Waals surface area contributed by atoms with Gasteiger partial charge in [-0.3, -0.25) is 4.79 Å². The second kappa shape index (κ2) is 7.42. The maximum absolute atomic E-state index is 11.8. The SMILES string of the molecule is C[C@@H](NS(C)(=O)=O)C(=O)NC[C@@H](O)c1ccc(C(C)(C)C)cc1. The molecule has 0 spiro atoms. The molecule has 0 aliphatic rings. The van der Waals surface area contributed by atoms with Gasteiger partial charge in [0.25, 0.3) is 0 Å². The first-order valence-corrected chi connectivity index (χ1v) is 9.33. The van der Waals surface area contributed by atoms with Gasteiger partial charge in [-0.05, 0) is 23.5 Å². The van der Waals surface area contributed by atoms with E-state index >= 15 is 0 Å². The van der Waals surface area contributed by atoms with Crippen LogP contribution in [0.1, 0.15) is 44.9 Å². The zero-order valence-corrected chi connectivity index (χ0v) is 15.1. The molecule has 23 heavy (non-hydrogen) atoms. The van der Waals surface area contributed by atoms with E-state index in [4.69, 9.17) is 0 Å². The lowest BCUT2D eigenvalue weighted by Crippen LogP contribution is -2.45. The summed E-state index contributed by atoms with van der Waals surface area (Å²) in [6.07, 6.45) is 0.140. The first kappa shape index (κ1) is 19.6. The quantitative estimate of drug-likeness (QED) is 0.721. The third kappa shape index (κ3) is 6.68. The minimum atomic E-state index is -3.45. The average Bonchev–Trinajstić information content (AvgIpc) is 2.41. The van der Waals surface area contributed by atoms with Crippen LogP contribution in [0.15, 0.2) is 24.3 Å². The molecule has 1 amide bonds. The molecule has 3 N–H and O–H groups in total. The molecule has 0 bridgehead atoms. The maximum atomic E-state index is 11.8. The van der Waals surface area contributed by atoms with Gasteiger partial charge >= 0.3 is 0 Å². The largest absolute Gasteiger partial charge is 0.387 e. The van der Waals surface area contributed by atoms with E-state index in [1.807, 2.05) is 24.3 Å². The summed E-state index contributed by atoms with van der Waals surface area (Å²) in [7, 11) is -3.45. The van der Waals surface area contributed by atoms with E-state index in [9.17, 15) is 18.3 Å². The van der Waals surface area contributed by atoms with Crippen LogP contribution in [0, 0.1) is 0 Å². The zero-order valence-electron chi connectivity index (χ0n) is 14.3. The van der Waals surface area contributed by atoms with Gasteiger partial charge in [-0.15, -0.1) is 0 Å². The van der Waals surface area contributed by atoms with E-state index in [2.05, 4.69) is 30.8 Å². The Morgan fingerprint density at radius 1 is 1.22 bits per heavy atom. The number of carbonyl (C=O) groups is 1. The molecule has 0 fully saturated rings. The van der Waals surface area contributed by atoms with Crippen LogP contribution in [-0.4, -0.2) is 38.3 Å². The Morgan fingerprint density at radius 2 is 1.74 bits per heavy atom. The van der Waals surface area contributed by atoms with Crippen molar-refractivity contribution < 1.29 is 18.3 Å². The van der Waals surface area contributed by atoms with Gasteiger partial charge in [0.05, 0.1) is 18.4 Å². The fourth-order valence-corrected chi connectivity index (χ4v) is 2.80. The Balaban J connectivity index is 2.60. The van der Waals surface area contributed by atoms with Crippen LogP contribution < -0.4 is 10.0 Å². The van der Waals surface area contributed by atoms with Gasteiger partial charge < -0.3 is 10.4 Å². The molecule has 7 heteroatoms. The van der Waals surface area contributed by atoms with Gasteiger partial charge in [-0.1, -0.05) is 45.0 Å². The van der Waals surface area contributed by atoms with E-state index in [0.29, 0.717) is 5.56 Å². The normalized spacial score (nSPS) is 15.0. The summed E-state index contributed by atoms with van der Waals surface area (Å²) in [6.45, 7) is 7.78. The molecule has 0 saturated heterocycles. The van der Waals surface area contributed by atoms with Crippen molar-refractivity contribution in [3.63, 3.8) is 0 Å². The van der Waals surface area contributed by atoms with Crippen molar-refractivity contribution in [1.82, 2.24) is 10.0 Å². The number of carbonyl (C=O) groups excluding carboxylic acids is 1. The Bertz CT molecular complexity index is 633. The summed E-state index contributed by atoms with van der Waals surface area (Å²) >= 11 is 0. The second-order valence-corrected chi connectivity index (χ2v) is 8.52. The molecule has 1 aromatic rings. The highest BCUT2D eigenvalue weighted by molar-refractivity contribution is 7.88. The van der Waals surface area contributed by atoms with Crippen LogP contribution in [0.5, 0.6) is 0 Å². The van der Waals surface area contributed by atoms with Gasteiger partial charge in [0.15, 0.2) is 0 Å². The van der Waals surface area contributed by atoms with Crippen LogP contribution in [0.25, 0.3) is 0 Å². The Morgan fingerprint density at radius 3 is 2.17 bits per heavy atom. The van der Waals surface area contributed by atoms with Gasteiger partial charge in [-0.25, -0.2) is 13.1 Å². The smallest absolute Gasteiger partial charge is 0.237 e. The number of hydrogen-bond donors (Lipinski definition) is 3. The number of sulfonamides is 1. The first-order valence-electron chi connectivity index (χ1n) is 7.43. The number of benzene rings is 1. The Hall–Kier alpha value is -1.44. The minimum Gasteiger partial charge on any atom is -0.387 e. The third-order valence-electron chi connectivity index (χ3n) is 3.42. The highest BCUT2D eigenvalue weighted by Gasteiger charge is 2.18. The molecular weight excluding hydrogens is 316 g/mol. The molecule has 0 saturated carbocycles. The molecule has 1 aromatic carbocycles. The van der Waals surface area contributed by atoms with Crippen molar-refractivity contribution in [1.29, 1.82) is 0 Å². The number of aliphatic hydroxyl groups excluding tert-OH is 1. The fourth-order valence-electron chi connectivity index (χ4n) is 2.05. The summed E-state index contributed by atoms with van der Waals surface area (Å²) in [6, 6.07) is 6.67. The summed E-state index contributed by atoms with van der Waals surface area (Å²) in [5.41, 5.74) is 1.88. The summed E-state index contributed by atoms with van der Waals surface area (Å²) in [4.78, 5) is 11.8. The molecular formula is C16H26N2O4S. The van der Waals surface area contributed by atoms with Crippen molar-refractivity contribution in [3.8, 4) is 0 Å². The molecule has 6 nitrogen and oxygen atoms in total. The zero-order chi connectivity index (χ0) is 17.8.